The molecule has 2 heteroatoms. The summed E-state index contributed by atoms with van der Waals surface area (Å²) in [6.07, 6.45) is 2.63. The Labute approximate surface area is 82.7 Å². The highest BCUT2D eigenvalue weighted by molar-refractivity contribution is 4.77. The monoisotopic (exact) mass is 184 g/mol. The maximum atomic E-state index is 3.59. The lowest BCUT2D eigenvalue weighted by atomic mass is 10.1. The molecule has 0 bridgehead atoms. The molecule has 13 heavy (non-hydrogen) atoms. The summed E-state index contributed by atoms with van der Waals surface area (Å²) in [6, 6.07) is 0.690. The van der Waals surface area contributed by atoms with E-state index in [1.54, 1.807) is 0 Å². The van der Waals surface area contributed by atoms with E-state index in [-0.39, 0.29) is 0 Å². The minimum Gasteiger partial charge on any atom is -0.314 e. The van der Waals surface area contributed by atoms with Crippen LogP contribution >= 0.6 is 0 Å². The summed E-state index contributed by atoms with van der Waals surface area (Å²) in [5.41, 5.74) is 0. The molecule has 0 aliphatic carbocycles. The van der Waals surface area contributed by atoms with Gasteiger partial charge in [0.1, 0.15) is 0 Å². The zero-order valence-electron chi connectivity index (χ0n) is 9.34. The molecule has 2 nitrogen and oxygen atoms in total. The smallest absolute Gasteiger partial charge is 0.00362 e. The molecule has 1 saturated heterocycles. The van der Waals surface area contributed by atoms with Gasteiger partial charge in [-0.25, -0.2) is 0 Å². The first kappa shape index (κ1) is 11.0. The second kappa shape index (κ2) is 5.61. The summed E-state index contributed by atoms with van der Waals surface area (Å²) in [7, 11) is 0. The zero-order chi connectivity index (χ0) is 9.68. The maximum absolute atomic E-state index is 3.59. The summed E-state index contributed by atoms with van der Waals surface area (Å²) in [5.74, 6) is 0.897. The van der Waals surface area contributed by atoms with Gasteiger partial charge in [-0.05, 0) is 45.3 Å². The van der Waals surface area contributed by atoms with E-state index in [2.05, 4.69) is 31.0 Å². The summed E-state index contributed by atoms with van der Waals surface area (Å²) in [6.45, 7) is 11.8. The van der Waals surface area contributed by atoms with Crippen molar-refractivity contribution < 1.29 is 0 Å². The Morgan fingerprint density at radius 2 is 2.23 bits per heavy atom. The minimum absolute atomic E-state index is 0.690. The van der Waals surface area contributed by atoms with Crippen LogP contribution in [0.25, 0.3) is 0 Å². The van der Waals surface area contributed by atoms with Crippen molar-refractivity contribution in [1.82, 2.24) is 10.2 Å². The van der Waals surface area contributed by atoms with Crippen LogP contribution in [0.5, 0.6) is 0 Å². The summed E-state index contributed by atoms with van der Waals surface area (Å²) in [5, 5.41) is 3.59. The topological polar surface area (TPSA) is 15.3 Å². The number of likely N-dealkylation sites (tertiary alicyclic amines) is 1. The van der Waals surface area contributed by atoms with Gasteiger partial charge in [-0.1, -0.05) is 13.8 Å². The first-order chi connectivity index (χ1) is 6.26. The highest BCUT2D eigenvalue weighted by Crippen LogP contribution is 2.14. The van der Waals surface area contributed by atoms with Crippen molar-refractivity contribution in [3.8, 4) is 0 Å². The van der Waals surface area contributed by atoms with Crippen LogP contribution in [0.3, 0.4) is 0 Å². The summed E-state index contributed by atoms with van der Waals surface area (Å²) >= 11 is 0. The molecule has 1 rings (SSSR count). The number of rotatable bonds is 5. The average Bonchev–Trinajstić information content (AvgIpc) is 2.61. The molecule has 1 N–H and O–H groups in total. The number of nitrogens with zero attached hydrogens (tertiary/aromatic N) is 1. The van der Waals surface area contributed by atoms with Gasteiger partial charge >= 0.3 is 0 Å². The Morgan fingerprint density at radius 1 is 1.46 bits per heavy atom. The van der Waals surface area contributed by atoms with E-state index < -0.39 is 0 Å². The third-order valence-electron chi connectivity index (χ3n) is 3.18. The van der Waals surface area contributed by atoms with E-state index in [0.29, 0.717) is 6.04 Å². The lowest BCUT2D eigenvalue weighted by molar-refractivity contribution is 0.335. The first-order valence-electron chi connectivity index (χ1n) is 5.72. The normalized spacial score (nSPS) is 26.5. The Bertz CT molecular complexity index is 136. The SMILES string of the molecule is CCC(C)NCC1CCN(CC)C1. The fourth-order valence-corrected chi connectivity index (χ4v) is 1.88. The largest absolute Gasteiger partial charge is 0.314 e. The van der Waals surface area contributed by atoms with Crippen molar-refractivity contribution in [2.24, 2.45) is 5.92 Å². The van der Waals surface area contributed by atoms with Crippen molar-refractivity contribution in [2.75, 3.05) is 26.2 Å². The minimum atomic E-state index is 0.690. The van der Waals surface area contributed by atoms with Gasteiger partial charge in [-0.3, -0.25) is 0 Å². The highest BCUT2D eigenvalue weighted by atomic mass is 15.1. The van der Waals surface area contributed by atoms with Gasteiger partial charge in [0.25, 0.3) is 0 Å². The standard InChI is InChI=1S/C11H24N2/c1-4-10(3)12-8-11-6-7-13(5-2)9-11/h10-12H,4-9H2,1-3H3. The number of hydrogen-bond acceptors (Lipinski definition) is 2. The maximum Gasteiger partial charge on any atom is 0.00362 e. The van der Waals surface area contributed by atoms with Crippen LogP contribution in [0.4, 0.5) is 0 Å². The average molecular weight is 184 g/mol. The summed E-state index contributed by atoms with van der Waals surface area (Å²) in [4.78, 5) is 2.54. The quantitative estimate of drug-likeness (QED) is 0.700. The van der Waals surface area contributed by atoms with Gasteiger partial charge in [-0.2, -0.15) is 0 Å². The molecule has 1 aliphatic rings. The molecule has 1 heterocycles. The van der Waals surface area contributed by atoms with E-state index >= 15 is 0 Å². The van der Waals surface area contributed by atoms with Gasteiger partial charge in [0.15, 0.2) is 0 Å². The van der Waals surface area contributed by atoms with Crippen LogP contribution in [0, 0.1) is 5.92 Å². The van der Waals surface area contributed by atoms with Crippen LogP contribution < -0.4 is 5.32 Å². The van der Waals surface area contributed by atoms with Crippen molar-refractivity contribution in [3.63, 3.8) is 0 Å². The lowest BCUT2D eigenvalue weighted by Crippen LogP contribution is -2.32. The van der Waals surface area contributed by atoms with Crippen LogP contribution in [0.1, 0.15) is 33.6 Å². The molecule has 0 radical (unpaired) electrons. The van der Waals surface area contributed by atoms with Crippen LogP contribution in [0.2, 0.25) is 0 Å². The molecule has 1 aliphatic heterocycles. The molecule has 2 atom stereocenters. The Morgan fingerprint density at radius 3 is 2.77 bits per heavy atom. The first-order valence-corrected chi connectivity index (χ1v) is 5.72. The van der Waals surface area contributed by atoms with Crippen molar-refractivity contribution in [1.29, 1.82) is 0 Å². The van der Waals surface area contributed by atoms with E-state index in [1.807, 2.05) is 0 Å². The Hall–Kier alpha value is -0.0800. The molecule has 1 fully saturated rings. The second-order valence-electron chi connectivity index (χ2n) is 4.27. The molecule has 0 aromatic heterocycles. The van der Waals surface area contributed by atoms with Crippen LogP contribution in [-0.4, -0.2) is 37.1 Å². The van der Waals surface area contributed by atoms with Crippen molar-refractivity contribution >= 4 is 0 Å². The molecular weight excluding hydrogens is 160 g/mol. The van der Waals surface area contributed by atoms with Crippen molar-refractivity contribution in [2.45, 2.75) is 39.7 Å². The zero-order valence-corrected chi connectivity index (χ0v) is 9.34. The van der Waals surface area contributed by atoms with Gasteiger partial charge in [0.2, 0.25) is 0 Å². The molecule has 0 spiro atoms. The highest BCUT2D eigenvalue weighted by Gasteiger charge is 2.20. The fourth-order valence-electron chi connectivity index (χ4n) is 1.88. The van der Waals surface area contributed by atoms with Crippen molar-refractivity contribution in [3.05, 3.63) is 0 Å². The number of hydrogen-bond donors (Lipinski definition) is 1. The van der Waals surface area contributed by atoms with E-state index in [1.165, 1.54) is 39.0 Å². The van der Waals surface area contributed by atoms with Crippen LogP contribution in [-0.2, 0) is 0 Å². The fraction of sp³-hybridized carbons (Fsp3) is 1.00. The second-order valence-corrected chi connectivity index (χ2v) is 4.27. The van der Waals surface area contributed by atoms with Crippen LogP contribution in [0.15, 0.2) is 0 Å². The Balaban J connectivity index is 2.10. The van der Waals surface area contributed by atoms with Gasteiger partial charge < -0.3 is 10.2 Å². The third-order valence-corrected chi connectivity index (χ3v) is 3.18. The molecule has 0 saturated carbocycles. The predicted molar refractivity (Wildman–Crippen MR) is 58.0 cm³/mol. The van der Waals surface area contributed by atoms with Gasteiger partial charge in [-0.15, -0.1) is 0 Å². The lowest BCUT2D eigenvalue weighted by Gasteiger charge is -2.16. The molecule has 0 aromatic rings. The van der Waals surface area contributed by atoms with Gasteiger partial charge in [0.05, 0.1) is 0 Å². The molecule has 0 amide bonds. The molecular formula is C11H24N2. The van der Waals surface area contributed by atoms with Gasteiger partial charge in [0, 0.05) is 12.6 Å². The third kappa shape index (κ3) is 3.65. The molecule has 0 aromatic carbocycles. The van der Waals surface area contributed by atoms with E-state index in [9.17, 15) is 0 Å². The van der Waals surface area contributed by atoms with E-state index in [0.717, 1.165) is 5.92 Å². The number of nitrogens with one attached hydrogen (secondary N) is 1. The summed E-state index contributed by atoms with van der Waals surface area (Å²) < 4.78 is 0. The van der Waals surface area contributed by atoms with E-state index in [4.69, 9.17) is 0 Å². The predicted octanol–water partition coefficient (Wildman–Crippen LogP) is 1.72. The Kier molecular flexibility index (Phi) is 4.74. The molecule has 2 unspecified atom stereocenters. The molecule has 78 valence electrons.